The lowest BCUT2D eigenvalue weighted by molar-refractivity contribution is 0.399. The molecule has 1 nitrogen and oxygen atoms in total. The minimum absolute atomic E-state index is 0.365. The molecule has 64 valence electrons. The van der Waals surface area contributed by atoms with Crippen LogP contribution in [0.15, 0.2) is 0 Å². The molecule has 0 unspecified atom stereocenters. The largest absolute Gasteiger partial charge is 0.254 e. The maximum Gasteiger partial charge on any atom is 0.160 e. The maximum absolute atomic E-state index is 5.76. The quantitative estimate of drug-likeness (QED) is 0.509. The molecule has 0 aliphatic heterocycles. The Morgan fingerprint density at radius 1 is 1.55 bits per heavy atom. The van der Waals surface area contributed by atoms with Gasteiger partial charge in [0.15, 0.2) is 6.78 Å². The summed E-state index contributed by atoms with van der Waals surface area (Å²) in [6.07, 6.45) is 5.83. The van der Waals surface area contributed by atoms with E-state index in [1.54, 1.807) is 0 Å². The third-order valence-electron chi connectivity index (χ3n) is 1.28. The highest BCUT2D eigenvalue weighted by atomic mass is 35.9. The molecule has 0 spiro atoms. The second-order valence-corrected chi connectivity index (χ2v) is 5.81. The second kappa shape index (κ2) is 6.09. The van der Waals surface area contributed by atoms with Gasteiger partial charge >= 0.3 is 0 Å². The molecule has 0 atom stereocenters. The van der Waals surface area contributed by atoms with E-state index in [2.05, 4.69) is 19.8 Å². The van der Waals surface area contributed by atoms with Crippen LogP contribution in [0.25, 0.3) is 0 Å². The van der Waals surface area contributed by atoms with E-state index in [0.717, 1.165) is 6.54 Å². The number of halogens is 2. The molecule has 0 aromatic heterocycles. The molecule has 0 aliphatic carbocycles. The summed E-state index contributed by atoms with van der Waals surface area (Å²) in [5.74, 6) is 2.56. The van der Waals surface area contributed by atoms with Crippen molar-refractivity contribution in [3.05, 3.63) is 0 Å². The molecule has 0 saturated carbocycles. The van der Waals surface area contributed by atoms with Gasteiger partial charge in [0.05, 0.1) is 0 Å². The molecule has 0 fully saturated rings. The topological polar surface area (TPSA) is 3.24 Å². The summed E-state index contributed by atoms with van der Waals surface area (Å²) in [6.45, 7) is 3.86. The van der Waals surface area contributed by atoms with Gasteiger partial charge in [-0.1, -0.05) is 22.5 Å². The van der Waals surface area contributed by atoms with Gasteiger partial charge in [-0.25, -0.2) is 0 Å². The van der Waals surface area contributed by atoms with Gasteiger partial charge in [0.25, 0.3) is 0 Å². The highest BCUT2D eigenvalue weighted by molar-refractivity contribution is 8.02. The van der Waals surface area contributed by atoms with Gasteiger partial charge in [-0.15, -0.1) is 12.3 Å². The molecule has 4 heteroatoms. The van der Waals surface area contributed by atoms with Crippen molar-refractivity contribution in [2.24, 2.45) is 0 Å². The fourth-order valence-corrected chi connectivity index (χ4v) is 2.79. The Morgan fingerprint density at radius 3 is 2.36 bits per heavy atom. The van der Waals surface area contributed by atoms with Gasteiger partial charge < -0.3 is 0 Å². The number of hydrogen-bond acceptors (Lipinski definition) is 1. The van der Waals surface area contributed by atoms with Crippen molar-refractivity contribution in [2.45, 2.75) is 26.3 Å². The normalized spacial score (nSPS) is 11.1. The van der Waals surface area contributed by atoms with Crippen molar-refractivity contribution in [1.82, 2.24) is 4.67 Å². The van der Waals surface area contributed by atoms with E-state index < -0.39 is 6.78 Å². The minimum atomic E-state index is -1.03. The molecule has 0 aliphatic rings. The first kappa shape index (κ1) is 11.5. The molecule has 0 heterocycles. The maximum atomic E-state index is 5.76. The Morgan fingerprint density at radius 2 is 2.09 bits per heavy atom. The zero-order chi connectivity index (χ0) is 8.85. The zero-order valence-corrected chi connectivity index (χ0v) is 9.13. The summed E-state index contributed by atoms with van der Waals surface area (Å²) in [6, 6.07) is 0.365. The van der Waals surface area contributed by atoms with Crippen molar-refractivity contribution in [1.29, 1.82) is 0 Å². The Labute approximate surface area is 79.4 Å². The van der Waals surface area contributed by atoms with Crippen LogP contribution in [0.2, 0.25) is 0 Å². The van der Waals surface area contributed by atoms with Crippen molar-refractivity contribution in [3.8, 4) is 12.3 Å². The molecule has 0 rings (SSSR count). The first-order valence-corrected chi connectivity index (χ1v) is 6.51. The van der Waals surface area contributed by atoms with Gasteiger partial charge in [-0.3, -0.25) is 4.67 Å². The smallest absolute Gasteiger partial charge is 0.160 e. The minimum Gasteiger partial charge on any atom is -0.254 e. The Hall–Kier alpha value is 0.530. The van der Waals surface area contributed by atoms with Crippen LogP contribution in [0.5, 0.6) is 0 Å². The second-order valence-electron chi connectivity index (χ2n) is 2.43. The summed E-state index contributed by atoms with van der Waals surface area (Å²) in [5, 5.41) is 0. The third kappa shape index (κ3) is 4.88. The van der Waals surface area contributed by atoms with Gasteiger partial charge in [0.2, 0.25) is 0 Å². The molecule has 0 amide bonds. The van der Waals surface area contributed by atoms with Crippen LogP contribution < -0.4 is 0 Å². The van der Waals surface area contributed by atoms with E-state index in [1.807, 2.05) is 4.67 Å². The van der Waals surface area contributed by atoms with E-state index in [4.69, 9.17) is 28.9 Å². The molecular weight excluding hydrogens is 200 g/mol. The number of nitrogens with zero attached hydrogens (tertiary/aromatic N) is 1. The van der Waals surface area contributed by atoms with E-state index in [-0.39, 0.29) is 0 Å². The lowest BCUT2D eigenvalue weighted by Crippen LogP contribution is -2.24. The number of terminal acetylenes is 1. The first-order valence-electron chi connectivity index (χ1n) is 3.41. The van der Waals surface area contributed by atoms with E-state index in [9.17, 15) is 0 Å². The van der Waals surface area contributed by atoms with Crippen LogP contribution >= 0.6 is 29.3 Å². The van der Waals surface area contributed by atoms with Gasteiger partial charge in [-0.2, -0.15) is 0 Å². The Bertz CT molecular complexity index is 134. The summed E-state index contributed by atoms with van der Waals surface area (Å²) < 4.78 is 2.00. The molecular formula is C7H12Cl2NP. The van der Waals surface area contributed by atoms with Crippen LogP contribution in [0.3, 0.4) is 0 Å². The van der Waals surface area contributed by atoms with Crippen molar-refractivity contribution < 1.29 is 0 Å². The van der Waals surface area contributed by atoms with E-state index in [0.29, 0.717) is 12.5 Å². The van der Waals surface area contributed by atoms with Crippen LogP contribution in [-0.4, -0.2) is 17.3 Å². The Balaban J connectivity index is 3.82. The number of hydrogen-bond donors (Lipinski definition) is 0. The first-order chi connectivity index (χ1) is 5.09. The van der Waals surface area contributed by atoms with Crippen molar-refractivity contribution in [2.75, 3.05) is 6.54 Å². The predicted molar refractivity (Wildman–Crippen MR) is 53.9 cm³/mol. The summed E-state index contributed by atoms with van der Waals surface area (Å²) in [7, 11) is 0. The SMILES string of the molecule is C#CCCN(C(C)C)P(Cl)Cl. The third-order valence-corrected chi connectivity index (χ3v) is 3.49. The van der Waals surface area contributed by atoms with Gasteiger partial charge in [0, 0.05) is 19.0 Å². The lowest BCUT2D eigenvalue weighted by atomic mass is 10.3. The number of rotatable bonds is 4. The van der Waals surface area contributed by atoms with E-state index >= 15 is 0 Å². The highest BCUT2D eigenvalue weighted by Gasteiger charge is 2.15. The lowest BCUT2D eigenvalue weighted by Gasteiger charge is -2.25. The van der Waals surface area contributed by atoms with Crippen molar-refractivity contribution >= 4 is 29.3 Å². The highest BCUT2D eigenvalue weighted by Crippen LogP contribution is 2.51. The predicted octanol–water partition coefficient (Wildman–Crippen LogP) is 3.42. The Kier molecular flexibility index (Phi) is 6.38. The molecule has 0 radical (unpaired) electrons. The molecule has 0 saturated heterocycles. The molecule has 0 N–H and O–H groups in total. The zero-order valence-electron chi connectivity index (χ0n) is 6.72. The van der Waals surface area contributed by atoms with Crippen LogP contribution in [-0.2, 0) is 0 Å². The summed E-state index contributed by atoms with van der Waals surface area (Å²) >= 11 is 11.5. The fourth-order valence-electron chi connectivity index (χ4n) is 0.687. The van der Waals surface area contributed by atoms with Gasteiger partial charge in [0.1, 0.15) is 0 Å². The molecule has 0 aromatic carbocycles. The van der Waals surface area contributed by atoms with E-state index in [1.165, 1.54) is 0 Å². The summed E-state index contributed by atoms with van der Waals surface area (Å²) in [5.41, 5.74) is 0. The van der Waals surface area contributed by atoms with Crippen LogP contribution in [0.1, 0.15) is 20.3 Å². The van der Waals surface area contributed by atoms with Crippen LogP contribution in [0, 0.1) is 12.3 Å². The molecule has 0 aromatic rings. The molecule has 11 heavy (non-hydrogen) atoms. The average molecular weight is 212 g/mol. The fraction of sp³-hybridized carbons (Fsp3) is 0.714. The van der Waals surface area contributed by atoms with Gasteiger partial charge in [-0.05, 0) is 13.8 Å². The van der Waals surface area contributed by atoms with Crippen LogP contribution in [0.4, 0.5) is 0 Å². The van der Waals surface area contributed by atoms with Crippen molar-refractivity contribution in [3.63, 3.8) is 0 Å². The standard InChI is InChI=1S/C7H12Cl2NP/c1-4-5-6-10(7(2)3)11(8)9/h1,7H,5-6H2,2-3H3. The molecule has 0 bridgehead atoms. The average Bonchev–Trinajstić information content (AvgIpc) is 1.87. The summed E-state index contributed by atoms with van der Waals surface area (Å²) in [4.78, 5) is 0. The monoisotopic (exact) mass is 211 g/mol.